The first kappa shape index (κ1) is 15.9. The van der Waals surface area contributed by atoms with Crippen LogP contribution in [0, 0.1) is 11.8 Å². The van der Waals surface area contributed by atoms with Gasteiger partial charge in [-0.05, 0) is 45.3 Å². The highest BCUT2D eigenvalue weighted by Crippen LogP contribution is 2.12. The summed E-state index contributed by atoms with van der Waals surface area (Å²) in [5, 5.41) is 3.51. The third-order valence-electron chi connectivity index (χ3n) is 3.71. The molecule has 2 heteroatoms. The SMILES string of the molecule is CCCNCC(C)C(C)N(C)CC(C)CC. The van der Waals surface area contributed by atoms with Crippen LogP contribution in [-0.4, -0.2) is 37.6 Å². The normalized spacial score (nSPS) is 17.4. The van der Waals surface area contributed by atoms with Crippen molar-refractivity contribution in [2.45, 2.75) is 53.5 Å². The van der Waals surface area contributed by atoms with Gasteiger partial charge in [-0.15, -0.1) is 0 Å². The van der Waals surface area contributed by atoms with E-state index >= 15 is 0 Å². The summed E-state index contributed by atoms with van der Waals surface area (Å²) in [6, 6.07) is 0.665. The Morgan fingerprint density at radius 1 is 1.12 bits per heavy atom. The van der Waals surface area contributed by atoms with Crippen molar-refractivity contribution in [1.82, 2.24) is 10.2 Å². The molecule has 0 aliphatic heterocycles. The fourth-order valence-corrected chi connectivity index (χ4v) is 1.90. The van der Waals surface area contributed by atoms with Gasteiger partial charge >= 0.3 is 0 Å². The molecule has 0 aromatic rings. The maximum absolute atomic E-state index is 3.51. The van der Waals surface area contributed by atoms with Crippen LogP contribution in [0.4, 0.5) is 0 Å². The fraction of sp³-hybridized carbons (Fsp3) is 1.00. The van der Waals surface area contributed by atoms with Crippen LogP contribution in [0.1, 0.15) is 47.5 Å². The molecule has 0 radical (unpaired) electrons. The third kappa shape index (κ3) is 6.49. The zero-order valence-electron chi connectivity index (χ0n) is 12.2. The van der Waals surface area contributed by atoms with Gasteiger partial charge in [0.1, 0.15) is 0 Å². The Balaban J connectivity index is 3.86. The first-order valence-electron chi connectivity index (χ1n) is 6.93. The van der Waals surface area contributed by atoms with Gasteiger partial charge < -0.3 is 10.2 Å². The third-order valence-corrected chi connectivity index (χ3v) is 3.71. The molecule has 0 fully saturated rings. The Bertz CT molecular complexity index is 159. The van der Waals surface area contributed by atoms with Crippen LogP contribution in [0.2, 0.25) is 0 Å². The van der Waals surface area contributed by atoms with E-state index in [4.69, 9.17) is 0 Å². The fourth-order valence-electron chi connectivity index (χ4n) is 1.90. The zero-order valence-corrected chi connectivity index (χ0v) is 12.2. The molecule has 0 bridgehead atoms. The molecule has 1 N–H and O–H groups in total. The van der Waals surface area contributed by atoms with Crippen LogP contribution >= 0.6 is 0 Å². The Kier molecular flexibility index (Phi) is 8.96. The molecule has 0 amide bonds. The van der Waals surface area contributed by atoms with E-state index in [-0.39, 0.29) is 0 Å². The van der Waals surface area contributed by atoms with Gasteiger partial charge in [0, 0.05) is 12.6 Å². The van der Waals surface area contributed by atoms with E-state index in [9.17, 15) is 0 Å². The molecule has 3 atom stereocenters. The molecular formula is C14H32N2. The van der Waals surface area contributed by atoms with E-state index in [0.717, 1.165) is 24.9 Å². The van der Waals surface area contributed by atoms with E-state index in [2.05, 4.69) is 51.9 Å². The van der Waals surface area contributed by atoms with Crippen molar-refractivity contribution >= 4 is 0 Å². The lowest BCUT2D eigenvalue weighted by Gasteiger charge is -2.31. The maximum Gasteiger partial charge on any atom is 0.0102 e. The predicted octanol–water partition coefficient (Wildman–Crippen LogP) is 2.99. The monoisotopic (exact) mass is 228 g/mol. The second-order valence-electron chi connectivity index (χ2n) is 5.38. The summed E-state index contributed by atoms with van der Waals surface area (Å²) in [5.41, 5.74) is 0. The van der Waals surface area contributed by atoms with Crippen LogP contribution in [0.15, 0.2) is 0 Å². The number of nitrogens with one attached hydrogen (secondary N) is 1. The number of hydrogen-bond donors (Lipinski definition) is 1. The smallest absolute Gasteiger partial charge is 0.0102 e. The minimum atomic E-state index is 0.665. The van der Waals surface area contributed by atoms with Crippen molar-refractivity contribution in [3.8, 4) is 0 Å². The highest BCUT2D eigenvalue weighted by atomic mass is 15.1. The van der Waals surface area contributed by atoms with Gasteiger partial charge in [-0.3, -0.25) is 0 Å². The second kappa shape index (κ2) is 9.00. The van der Waals surface area contributed by atoms with E-state index in [0.29, 0.717) is 6.04 Å². The lowest BCUT2D eigenvalue weighted by atomic mass is 10.0. The minimum Gasteiger partial charge on any atom is -0.316 e. The van der Waals surface area contributed by atoms with Crippen LogP contribution in [-0.2, 0) is 0 Å². The molecule has 0 aliphatic carbocycles. The summed E-state index contributed by atoms with van der Waals surface area (Å²) < 4.78 is 0. The summed E-state index contributed by atoms with van der Waals surface area (Å²) >= 11 is 0. The summed E-state index contributed by atoms with van der Waals surface area (Å²) in [4.78, 5) is 2.51. The van der Waals surface area contributed by atoms with Crippen molar-refractivity contribution in [1.29, 1.82) is 0 Å². The standard InChI is InChI=1S/C14H32N2/c1-7-9-15-10-13(4)14(5)16(6)11-12(3)8-2/h12-15H,7-11H2,1-6H3. The molecule has 98 valence electrons. The Morgan fingerprint density at radius 3 is 2.25 bits per heavy atom. The second-order valence-corrected chi connectivity index (χ2v) is 5.38. The summed E-state index contributed by atoms with van der Waals surface area (Å²) in [6.07, 6.45) is 2.50. The molecule has 0 saturated carbocycles. The molecule has 3 unspecified atom stereocenters. The summed E-state index contributed by atoms with van der Waals surface area (Å²) in [6.45, 7) is 15.0. The molecule has 0 rings (SSSR count). The van der Waals surface area contributed by atoms with E-state index in [1.165, 1.54) is 19.4 Å². The van der Waals surface area contributed by atoms with Crippen LogP contribution in [0.3, 0.4) is 0 Å². The largest absolute Gasteiger partial charge is 0.316 e. The maximum atomic E-state index is 3.51. The van der Waals surface area contributed by atoms with Crippen LogP contribution < -0.4 is 5.32 Å². The molecule has 0 aliphatic rings. The van der Waals surface area contributed by atoms with Crippen molar-refractivity contribution < 1.29 is 0 Å². The molecule has 0 aromatic carbocycles. The highest BCUT2D eigenvalue weighted by Gasteiger charge is 2.17. The molecule has 0 heterocycles. The summed E-state index contributed by atoms with van der Waals surface area (Å²) in [5.74, 6) is 1.53. The average molecular weight is 228 g/mol. The van der Waals surface area contributed by atoms with Crippen molar-refractivity contribution in [3.63, 3.8) is 0 Å². The molecule has 0 spiro atoms. The van der Waals surface area contributed by atoms with Gasteiger partial charge in [0.05, 0.1) is 0 Å². The van der Waals surface area contributed by atoms with E-state index in [1.807, 2.05) is 0 Å². The number of rotatable bonds is 9. The Morgan fingerprint density at radius 2 is 1.75 bits per heavy atom. The number of nitrogens with zero attached hydrogens (tertiary/aromatic N) is 1. The molecule has 16 heavy (non-hydrogen) atoms. The van der Waals surface area contributed by atoms with E-state index < -0.39 is 0 Å². The first-order chi connectivity index (χ1) is 7.52. The predicted molar refractivity (Wildman–Crippen MR) is 73.9 cm³/mol. The van der Waals surface area contributed by atoms with Gasteiger partial charge in [0.25, 0.3) is 0 Å². The van der Waals surface area contributed by atoms with Crippen LogP contribution in [0.25, 0.3) is 0 Å². The number of hydrogen-bond acceptors (Lipinski definition) is 2. The molecule has 0 aromatic heterocycles. The lowest BCUT2D eigenvalue weighted by molar-refractivity contribution is 0.172. The zero-order chi connectivity index (χ0) is 12.6. The highest BCUT2D eigenvalue weighted by molar-refractivity contribution is 4.73. The summed E-state index contributed by atoms with van der Waals surface area (Å²) in [7, 11) is 2.26. The lowest BCUT2D eigenvalue weighted by Crippen LogP contribution is -2.40. The quantitative estimate of drug-likeness (QED) is 0.610. The molecular weight excluding hydrogens is 196 g/mol. The Hall–Kier alpha value is -0.0800. The topological polar surface area (TPSA) is 15.3 Å². The first-order valence-corrected chi connectivity index (χ1v) is 6.93. The van der Waals surface area contributed by atoms with Gasteiger partial charge in [-0.2, -0.15) is 0 Å². The van der Waals surface area contributed by atoms with Crippen molar-refractivity contribution in [2.24, 2.45) is 11.8 Å². The van der Waals surface area contributed by atoms with Crippen LogP contribution in [0.5, 0.6) is 0 Å². The van der Waals surface area contributed by atoms with Gasteiger partial charge in [-0.1, -0.05) is 34.1 Å². The minimum absolute atomic E-state index is 0.665. The molecule has 0 saturated heterocycles. The Labute approximate surface area is 103 Å². The average Bonchev–Trinajstić information content (AvgIpc) is 2.27. The van der Waals surface area contributed by atoms with Crippen molar-refractivity contribution in [3.05, 3.63) is 0 Å². The van der Waals surface area contributed by atoms with Gasteiger partial charge in [0.15, 0.2) is 0 Å². The molecule has 2 nitrogen and oxygen atoms in total. The van der Waals surface area contributed by atoms with E-state index in [1.54, 1.807) is 0 Å². The van der Waals surface area contributed by atoms with Gasteiger partial charge in [0.2, 0.25) is 0 Å². The van der Waals surface area contributed by atoms with Gasteiger partial charge in [-0.25, -0.2) is 0 Å². The van der Waals surface area contributed by atoms with Crippen molar-refractivity contribution in [2.75, 3.05) is 26.7 Å².